The van der Waals surface area contributed by atoms with Gasteiger partial charge in [-0.05, 0) is 47.5 Å². The minimum atomic E-state index is -0.242. The molecule has 26 heavy (non-hydrogen) atoms. The van der Waals surface area contributed by atoms with Gasteiger partial charge in [-0.25, -0.2) is 0 Å². The van der Waals surface area contributed by atoms with Crippen LogP contribution in [0.1, 0.15) is 11.1 Å². The van der Waals surface area contributed by atoms with Gasteiger partial charge in [0.15, 0.2) is 0 Å². The van der Waals surface area contributed by atoms with Gasteiger partial charge in [-0.3, -0.25) is 14.5 Å². The lowest BCUT2D eigenvalue weighted by Crippen LogP contribution is -2.30. The molecule has 4 nitrogen and oxygen atoms in total. The van der Waals surface area contributed by atoms with E-state index in [2.05, 4.69) is 6.58 Å². The zero-order valence-corrected chi connectivity index (χ0v) is 15.1. The average Bonchev–Trinajstić information content (AvgIpc) is 2.92. The summed E-state index contributed by atoms with van der Waals surface area (Å²) in [5.74, 6) is 0.454. The Hall–Kier alpha value is -2.79. The van der Waals surface area contributed by atoms with Crippen LogP contribution in [-0.2, 0) is 11.2 Å². The van der Waals surface area contributed by atoms with Crippen LogP contribution in [0.2, 0.25) is 0 Å². The van der Waals surface area contributed by atoms with E-state index in [0.717, 1.165) is 22.9 Å². The lowest BCUT2D eigenvalue weighted by atomic mass is 10.1. The van der Waals surface area contributed by atoms with Gasteiger partial charge in [0.2, 0.25) is 0 Å². The molecule has 3 rings (SSSR count). The van der Waals surface area contributed by atoms with Crippen molar-refractivity contribution in [1.29, 1.82) is 0 Å². The molecule has 0 spiro atoms. The molecule has 0 unspecified atom stereocenters. The molecule has 0 atom stereocenters. The van der Waals surface area contributed by atoms with Crippen molar-refractivity contribution in [3.8, 4) is 5.75 Å². The number of hydrogen-bond donors (Lipinski definition) is 0. The van der Waals surface area contributed by atoms with Gasteiger partial charge >= 0.3 is 0 Å². The van der Waals surface area contributed by atoms with Gasteiger partial charge in [-0.2, -0.15) is 0 Å². The molecule has 5 heteroatoms. The molecule has 0 saturated carbocycles. The SMILES string of the molecule is C=CCOc1cccc(/C=C2/SC(=O)N(CCc3ccccc3)C2=O)c1. The Morgan fingerprint density at radius 3 is 2.65 bits per heavy atom. The number of benzene rings is 2. The van der Waals surface area contributed by atoms with E-state index >= 15 is 0 Å². The minimum absolute atomic E-state index is 0.226. The number of rotatable bonds is 7. The molecule has 2 aromatic carbocycles. The Morgan fingerprint density at radius 1 is 1.08 bits per heavy atom. The molecule has 1 saturated heterocycles. The highest BCUT2D eigenvalue weighted by Gasteiger charge is 2.34. The number of imide groups is 1. The molecule has 132 valence electrons. The van der Waals surface area contributed by atoms with E-state index in [9.17, 15) is 9.59 Å². The molecule has 2 aromatic rings. The first kappa shape index (κ1) is 18.0. The Morgan fingerprint density at radius 2 is 1.88 bits per heavy atom. The first-order valence-electron chi connectivity index (χ1n) is 8.30. The number of thioether (sulfide) groups is 1. The number of amides is 2. The van der Waals surface area contributed by atoms with E-state index in [-0.39, 0.29) is 11.1 Å². The fourth-order valence-corrected chi connectivity index (χ4v) is 3.44. The highest BCUT2D eigenvalue weighted by Crippen LogP contribution is 2.32. The van der Waals surface area contributed by atoms with E-state index in [1.165, 1.54) is 4.90 Å². The Balaban J connectivity index is 1.69. The summed E-state index contributed by atoms with van der Waals surface area (Å²) in [6, 6.07) is 17.2. The molecule has 0 aromatic heterocycles. The van der Waals surface area contributed by atoms with Crippen molar-refractivity contribution < 1.29 is 14.3 Å². The van der Waals surface area contributed by atoms with Gasteiger partial charge in [0.1, 0.15) is 12.4 Å². The van der Waals surface area contributed by atoms with E-state index < -0.39 is 0 Å². The second-order valence-corrected chi connectivity index (χ2v) is 6.73. The van der Waals surface area contributed by atoms with E-state index in [0.29, 0.717) is 30.2 Å². The summed E-state index contributed by atoms with van der Waals surface area (Å²) >= 11 is 0.977. The van der Waals surface area contributed by atoms with Crippen molar-refractivity contribution in [2.45, 2.75) is 6.42 Å². The van der Waals surface area contributed by atoms with Gasteiger partial charge in [0.05, 0.1) is 4.91 Å². The maximum atomic E-state index is 12.6. The van der Waals surface area contributed by atoms with Gasteiger partial charge in [0.25, 0.3) is 11.1 Å². The van der Waals surface area contributed by atoms with Crippen molar-refractivity contribution >= 4 is 29.0 Å². The topological polar surface area (TPSA) is 46.6 Å². The summed E-state index contributed by atoms with van der Waals surface area (Å²) in [7, 11) is 0. The van der Waals surface area contributed by atoms with Crippen LogP contribution in [0, 0.1) is 0 Å². The molecular formula is C21H19NO3S. The highest BCUT2D eigenvalue weighted by atomic mass is 32.2. The number of nitrogens with zero attached hydrogens (tertiary/aromatic N) is 1. The molecule has 0 aliphatic carbocycles. The lowest BCUT2D eigenvalue weighted by Gasteiger charge is -2.12. The molecule has 1 fully saturated rings. The molecule has 0 radical (unpaired) electrons. The molecule has 0 N–H and O–H groups in total. The third kappa shape index (κ3) is 4.43. The van der Waals surface area contributed by atoms with E-state index in [4.69, 9.17) is 4.74 Å². The van der Waals surface area contributed by atoms with Crippen molar-refractivity contribution in [1.82, 2.24) is 4.90 Å². The fourth-order valence-electron chi connectivity index (χ4n) is 2.58. The summed E-state index contributed by atoms with van der Waals surface area (Å²) in [6.45, 7) is 4.42. The van der Waals surface area contributed by atoms with Crippen LogP contribution in [-0.4, -0.2) is 29.2 Å². The smallest absolute Gasteiger partial charge is 0.293 e. The normalized spacial score (nSPS) is 15.5. The van der Waals surface area contributed by atoms with Crippen molar-refractivity contribution in [3.63, 3.8) is 0 Å². The van der Waals surface area contributed by atoms with Gasteiger partial charge in [-0.15, -0.1) is 0 Å². The van der Waals surface area contributed by atoms with Crippen LogP contribution in [0.4, 0.5) is 4.79 Å². The monoisotopic (exact) mass is 365 g/mol. The van der Waals surface area contributed by atoms with Crippen LogP contribution >= 0.6 is 11.8 Å². The third-order valence-corrected chi connectivity index (χ3v) is 4.77. The minimum Gasteiger partial charge on any atom is -0.490 e. The fraction of sp³-hybridized carbons (Fsp3) is 0.143. The van der Waals surface area contributed by atoms with Crippen LogP contribution in [0.3, 0.4) is 0 Å². The largest absolute Gasteiger partial charge is 0.490 e. The quantitative estimate of drug-likeness (QED) is 0.534. The number of carbonyl (C=O) groups is 2. The molecule has 1 aliphatic heterocycles. The third-order valence-electron chi connectivity index (χ3n) is 3.86. The predicted molar refractivity (Wildman–Crippen MR) is 105 cm³/mol. The highest BCUT2D eigenvalue weighted by molar-refractivity contribution is 8.18. The second kappa shape index (κ2) is 8.54. The van der Waals surface area contributed by atoms with Crippen LogP contribution < -0.4 is 4.74 Å². The average molecular weight is 365 g/mol. The standard InChI is InChI=1S/C21H19NO3S/c1-2-13-25-18-10-6-9-17(14-18)15-19-20(23)22(21(24)26-19)12-11-16-7-4-3-5-8-16/h2-10,14-15H,1,11-13H2/b19-15+. The summed E-state index contributed by atoms with van der Waals surface area (Å²) in [4.78, 5) is 26.5. The molecule has 1 heterocycles. The number of carbonyl (C=O) groups excluding carboxylic acids is 2. The molecule has 1 aliphatic rings. The molecule has 0 bridgehead atoms. The summed E-state index contributed by atoms with van der Waals surface area (Å²) in [5, 5.41) is -0.226. The maximum absolute atomic E-state index is 12.6. The zero-order chi connectivity index (χ0) is 18.4. The van der Waals surface area contributed by atoms with Crippen LogP contribution in [0.15, 0.2) is 72.2 Å². The molecular weight excluding hydrogens is 346 g/mol. The van der Waals surface area contributed by atoms with Crippen molar-refractivity contribution in [2.75, 3.05) is 13.2 Å². The van der Waals surface area contributed by atoms with Gasteiger partial charge in [0, 0.05) is 6.54 Å². The lowest BCUT2D eigenvalue weighted by molar-refractivity contribution is -0.122. The maximum Gasteiger partial charge on any atom is 0.293 e. The first-order valence-corrected chi connectivity index (χ1v) is 9.12. The van der Waals surface area contributed by atoms with Crippen molar-refractivity contribution in [3.05, 3.63) is 83.3 Å². The number of hydrogen-bond acceptors (Lipinski definition) is 4. The Labute approximate surface area is 157 Å². The first-order chi connectivity index (χ1) is 12.7. The Bertz CT molecular complexity index is 845. The van der Waals surface area contributed by atoms with E-state index in [1.54, 1.807) is 12.2 Å². The molecule has 2 amide bonds. The van der Waals surface area contributed by atoms with Crippen LogP contribution in [0.5, 0.6) is 5.75 Å². The summed E-state index contributed by atoms with van der Waals surface area (Å²) in [5.41, 5.74) is 1.92. The summed E-state index contributed by atoms with van der Waals surface area (Å²) < 4.78 is 5.50. The Kier molecular flexibility index (Phi) is 5.92. The van der Waals surface area contributed by atoms with Crippen LogP contribution in [0.25, 0.3) is 6.08 Å². The zero-order valence-electron chi connectivity index (χ0n) is 14.3. The number of ether oxygens (including phenoxy) is 1. The predicted octanol–water partition coefficient (Wildman–Crippen LogP) is 4.53. The van der Waals surface area contributed by atoms with Crippen molar-refractivity contribution in [2.24, 2.45) is 0 Å². The summed E-state index contributed by atoms with van der Waals surface area (Å²) in [6.07, 6.45) is 4.05. The second-order valence-electron chi connectivity index (χ2n) is 5.74. The van der Waals surface area contributed by atoms with Gasteiger partial charge < -0.3 is 4.74 Å². The van der Waals surface area contributed by atoms with E-state index in [1.807, 2.05) is 54.6 Å². The van der Waals surface area contributed by atoms with Gasteiger partial charge in [-0.1, -0.05) is 55.1 Å².